The maximum Gasteiger partial charge on any atom is 0.249 e. The van der Waals surface area contributed by atoms with Crippen LogP contribution in [0.1, 0.15) is 38.2 Å². The normalized spacial score (nSPS) is 30.2. The number of morpholine rings is 1. The third-order valence-electron chi connectivity index (χ3n) is 5.08. The van der Waals surface area contributed by atoms with Crippen LogP contribution in [0.15, 0.2) is 30.3 Å². The number of aliphatic hydroxyl groups excluding tert-OH is 1. The number of carbonyl (C=O) groups is 2. The van der Waals surface area contributed by atoms with Crippen LogP contribution in [0.3, 0.4) is 0 Å². The van der Waals surface area contributed by atoms with Crippen molar-refractivity contribution in [2.45, 2.75) is 63.4 Å². The number of benzene rings is 1. The minimum atomic E-state index is -0.631. The molecule has 1 heterocycles. The highest BCUT2D eigenvalue weighted by Gasteiger charge is 2.40. The Hall–Kier alpha value is -1.92. The fourth-order valence-corrected chi connectivity index (χ4v) is 3.61. The van der Waals surface area contributed by atoms with Gasteiger partial charge in [-0.05, 0) is 38.2 Å². The summed E-state index contributed by atoms with van der Waals surface area (Å²) in [6, 6.07) is 9.09. The van der Waals surface area contributed by atoms with Gasteiger partial charge in [0.05, 0.1) is 12.2 Å². The van der Waals surface area contributed by atoms with E-state index in [0.29, 0.717) is 19.4 Å². The molecule has 2 aliphatic rings. The number of rotatable bonds is 4. The van der Waals surface area contributed by atoms with E-state index in [4.69, 9.17) is 4.74 Å². The minimum absolute atomic E-state index is 0.00734. The number of hydrogen-bond acceptors (Lipinski definition) is 4. The van der Waals surface area contributed by atoms with E-state index < -0.39 is 6.04 Å². The summed E-state index contributed by atoms with van der Waals surface area (Å²) in [6.45, 7) is 2.24. The topological polar surface area (TPSA) is 78.9 Å². The summed E-state index contributed by atoms with van der Waals surface area (Å²) in [7, 11) is 0. The minimum Gasteiger partial charge on any atom is -0.393 e. The summed E-state index contributed by atoms with van der Waals surface area (Å²) in [5.74, 6) is -0.334. The molecule has 0 radical (unpaired) electrons. The fourth-order valence-electron chi connectivity index (χ4n) is 3.61. The summed E-state index contributed by atoms with van der Waals surface area (Å²) >= 11 is 0. The van der Waals surface area contributed by atoms with E-state index in [1.807, 2.05) is 37.3 Å². The quantitative estimate of drug-likeness (QED) is 0.859. The van der Waals surface area contributed by atoms with Gasteiger partial charge in [0.1, 0.15) is 12.6 Å². The van der Waals surface area contributed by atoms with Gasteiger partial charge in [-0.3, -0.25) is 9.59 Å². The average molecular weight is 346 g/mol. The van der Waals surface area contributed by atoms with Crippen LogP contribution in [0.4, 0.5) is 0 Å². The molecule has 1 saturated heterocycles. The third-order valence-corrected chi connectivity index (χ3v) is 5.08. The molecule has 25 heavy (non-hydrogen) atoms. The molecule has 0 unspecified atom stereocenters. The smallest absolute Gasteiger partial charge is 0.249 e. The van der Waals surface area contributed by atoms with Gasteiger partial charge in [0.25, 0.3) is 0 Å². The second-order valence-corrected chi connectivity index (χ2v) is 6.98. The highest BCUT2D eigenvalue weighted by molar-refractivity contribution is 5.89. The molecule has 3 rings (SSSR count). The van der Waals surface area contributed by atoms with Gasteiger partial charge in [0.2, 0.25) is 11.8 Å². The molecule has 1 aromatic rings. The zero-order valence-electron chi connectivity index (χ0n) is 14.6. The van der Waals surface area contributed by atoms with Gasteiger partial charge in [-0.25, -0.2) is 0 Å². The van der Waals surface area contributed by atoms with E-state index in [0.717, 1.165) is 18.4 Å². The van der Waals surface area contributed by atoms with Crippen molar-refractivity contribution in [3.8, 4) is 0 Å². The number of carbonyl (C=O) groups excluding carboxylic acids is 2. The van der Waals surface area contributed by atoms with E-state index in [9.17, 15) is 14.7 Å². The Bertz CT molecular complexity index is 599. The van der Waals surface area contributed by atoms with Crippen LogP contribution in [0, 0.1) is 0 Å². The van der Waals surface area contributed by atoms with Crippen molar-refractivity contribution in [3.63, 3.8) is 0 Å². The summed E-state index contributed by atoms with van der Waals surface area (Å²) in [5.41, 5.74) is 0.989. The first-order valence-corrected chi connectivity index (χ1v) is 8.98. The molecule has 6 heteroatoms. The van der Waals surface area contributed by atoms with Crippen molar-refractivity contribution in [1.29, 1.82) is 0 Å². The Morgan fingerprint density at radius 2 is 1.92 bits per heavy atom. The molecule has 2 amide bonds. The van der Waals surface area contributed by atoms with E-state index in [1.165, 1.54) is 0 Å². The molecule has 0 bridgehead atoms. The highest BCUT2D eigenvalue weighted by Crippen LogP contribution is 2.22. The van der Waals surface area contributed by atoms with Gasteiger partial charge < -0.3 is 20.1 Å². The molecular formula is C19H26N2O4. The molecule has 6 nitrogen and oxygen atoms in total. The molecular weight excluding hydrogens is 320 g/mol. The second kappa shape index (κ2) is 7.97. The molecule has 2 atom stereocenters. The zero-order valence-corrected chi connectivity index (χ0v) is 14.6. The van der Waals surface area contributed by atoms with Gasteiger partial charge in [-0.1, -0.05) is 30.3 Å². The predicted octanol–water partition coefficient (Wildman–Crippen LogP) is 1.22. The highest BCUT2D eigenvalue weighted by atomic mass is 16.5. The van der Waals surface area contributed by atoms with Crippen molar-refractivity contribution in [2.75, 3.05) is 6.61 Å². The molecule has 1 saturated carbocycles. The molecule has 0 spiro atoms. The standard InChI is InChI=1S/C19H26N2O4/c1-13-18(19(24)20-15-7-9-16(22)10-8-15)21(17(23)12-25-13)11-14-5-3-2-4-6-14/h2-6,13,15-16,18,22H,7-12H2,1H3,(H,20,24)/t13-,15?,16?,18+/m1/s1. The number of ether oxygens (including phenoxy) is 1. The summed E-state index contributed by atoms with van der Waals surface area (Å²) in [5, 5.41) is 12.7. The molecule has 2 fully saturated rings. The van der Waals surface area contributed by atoms with Crippen LogP contribution < -0.4 is 5.32 Å². The van der Waals surface area contributed by atoms with Crippen molar-refractivity contribution in [1.82, 2.24) is 10.2 Å². The van der Waals surface area contributed by atoms with Crippen LogP contribution >= 0.6 is 0 Å². The van der Waals surface area contributed by atoms with E-state index >= 15 is 0 Å². The average Bonchev–Trinajstić information content (AvgIpc) is 2.61. The zero-order chi connectivity index (χ0) is 17.8. The lowest BCUT2D eigenvalue weighted by Gasteiger charge is -2.39. The van der Waals surface area contributed by atoms with Gasteiger partial charge in [-0.2, -0.15) is 0 Å². The first-order chi connectivity index (χ1) is 12.0. The van der Waals surface area contributed by atoms with E-state index in [1.54, 1.807) is 4.90 Å². The summed E-state index contributed by atoms with van der Waals surface area (Å²) < 4.78 is 5.51. The first-order valence-electron chi connectivity index (χ1n) is 8.98. The Labute approximate surface area is 148 Å². The maximum absolute atomic E-state index is 12.9. The monoisotopic (exact) mass is 346 g/mol. The SMILES string of the molecule is C[C@H]1OCC(=O)N(Cc2ccccc2)[C@@H]1C(=O)NC1CCC(O)CC1. The van der Waals surface area contributed by atoms with E-state index in [2.05, 4.69) is 5.32 Å². The summed E-state index contributed by atoms with van der Waals surface area (Å²) in [4.78, 5) is 26.9. The first kappa shape index (κ1) is 17.9. The third kappa shape index (κ3) is 4.38. The van der Waals surface area contributed by atoms with Gasteiger partial charge in [0, 0.05) is 12.6 Å². The second-order valence-electron chi connectivity index (χ2n) is 6.98. The number of nitrogens with one attached hydrogen (secondary N) is 1. The Morgan fingerprint density at radius 1 is 1.24 bits per heavy atom. The Kier molecular flexibility index (Phi) is 5.71. The number of nitrogens with zero attached hydrogens (tertiary/aromatic N) is 1. The van der Waals surface area contributed by atoms with E-state index in [-0.39, 0.29) is 36.7 Å². The van der Waals surface area contributed by atoms with Gasteiger partial charge in [0.15, 0.2) is 0 Å². The molecule has 1 aliphatic heterocycles. The molecule has 136 valence electrons. The number of amides is 2. The lowest BCUT2D eigenvalue weighted by Crippen LogP contribution is -2.60. The largest absolute Gasteiger partial charge is 0.393 e. The summed E-state index contributed by atoms with van der Waals surface area (Å²) in [6.07, 6.45) is 2.32. The predicted molar refractivity (Wildman–Crippen MR) is 92.6 cm³/mol. The number of aliphatic hydroxyl groups is 1. The number of hydrogen-bond donors (Lipinski definition) is 2. The van der Waals surface area contributed by atoms with Crippen molar-refractivity contribution < 1.29 is 19.4 Å². The van der Waals surface area contributed by atoms with Crippen LogP contribution in [0.2, 0.25) is 0 Å². The fraction of sp³-hybridized carbons (Fsp3) is 0.579. The molecule has 2 N–H and O–H groups in total. The Morgan fingerprint density at radius 3 is 2.60 bits per heavy atom. The lowest BCUT2D eigenvalue weighted by atomic mass is 9.92. The van der Waals surface area contributed by atoms with Gasteiger partial charge >= 0.3 is 0 Å². The molecule has 1 aliphatic carbocycles. The van der Waals surface area contributed by atoms with Crippen LogP contribution in [0.25, 0.3) is 0 Å². The van der Waals surface area contributed by atoms with Gasteiger partial charge in [-0.15, -0.1) is 0 Å². The van der Waals surface area contributed by atoms with Crippen LogP contribution in [0.5, 0.6) is 0 Å². The van der Waals surface area contributed by atoms with Crippen molar-refractivity contribution in [3.05, 3.63) is 35.9 Å². The van der Waals surface area contributed by atoms with Crippen molar-refractivity contribution in [2.24, 2.45) is 0 Å². The molecule has 1 aromatic carbocycles. The maximum atomic E-state index is 12.9. The van der Waals surface area contributed by atoms with Crippen LogP contribution in [-0.4, -0.2) is 52.7 Å². The van der Waals surface area contributed by atoms with Crippen molar-refractivity contribution >= 4 is 11.8 Å². The lowest BCUT2D eigenvalue weighted by molar-refractivity contribution is -0.163. The Balaban J connectivity index is 1.70. The molecule has 0 aromatic heterocycles. The van der Waals surface area contributed by atoms with Crippen LogP contribution in [-0.2, 0) is 20.9 Å².